The van der Waals surface area contributed by atoms with Crippen LogP contribution in [-0.4, -0.2) is 10.9 Å². The van der Waals surface area contributed by atoms with Crippen LogP contribution < -0.4 is 5.32 Å². The van der Waals surface area contributed by atoms with Gasteiger partial charge in [-0.25, -0.2) is 8.78 Å². The average Bonchev–Trinajstić information content (AvgIpc) is 2.77. The lowest BCUT2D eigenvalue weighted by Gasteiger charge is -2.03. The Morgan fingerprint density at radius 3 is 2.62 bits per heavy atom. The second-order valence-electron chi connectivity index (χ2n) is 3.17. The van der Waals surface area contributed by atoms with Gasteiger partial charge >= 0.3 is 0 Å². The van der Waals surface area contributed by atoms with Crippen molar-refractivity contribution in [3.8, 4) is 0 Å². The smallest absolute Gasteiger partial charge is 0.272 e. The molecule has 1 aromatic heterocycles. The van der Waals surface area contributed by atoms with Crippen molar-refractivity contribution in [2.24, 2.45) is 0 Å². The average molecular weight is 222 g/mol. The Bertz CT molecular complexity index is 509. The molecule has 0 bridgehead atoms. The highest BCUT2D eigenvalue weighted by molar-refractivity contribution is 6.02. The lowest BCUT2D eigenvalue weighted by atomic mass is 10.3. The van der Waals surface area contributed by atoms with Crippen LogP contribution in [0.5, 0.6) is 0 Å². The van der Waals surface area contributed by atoms with E-state index >= 15 is 0 Å². The van der Waals surface area contributed by atoms with Crippen molar-refractivity contribution in [3.05, 3.63) is 53.9 Å². The first-order valence-corrected chi connectivity index (χ1v) is 4.56. The second-order valence-corrected chi connectivity index (χ2v) is 3.17. The minimum Gasteiger partial charge on any atom is -0.357 e. The van der Waals surface area contributed by atoms with Crippen molar-refractivity contribution >= 4 is 11.6 Å². The summed E-state index contributed by atoms with van der Waals surface area (Å²) < 4.78 is 25.5. The minimum absolute atomic E-state index is 0.207. The maximum atomic E-state index is 12.8. The first kappa shape index (κ1) is 10.4. The van der Waals surface area contributed by atoms with E-state index in [1.807, 2.05) is 0 Å². The fourth-order valence-electron chi connectivity index (χ4n) is 1.24. The van der Waals surface area contributed by atoms with Crippen LogP contribution in [0.3, 0.4) is 0 Å². The monoisotopic (exact) mass is 222 g/mol. The van der Waals surface area contributed by atoms with Crippen LogP contribution in [0.1, 0.15) is 10.5 Å². The first-order valence-electron chi connectivity index (χ1n) is 4.56. The zero-order valence-electron chi connectivity index (χ0n) is 8.13. The molecule has 3 nitrogen and oxygen atoms in total. The van der Waals surface area contributed by atoms with Crippen LogP contribution in [0.2, 0.25) is 0 Å². The van der Waals surface area contributed by atoms with Gasteiger partial charge in [-0.05, 0) is 24.3 Å². The molecule has 0 radical (unpaired) electrons. The predicted octanol–water partition coefficient (Wildman–Crippen LogP) is 2.55. The Kier molecular flexibility index (Phi) is 2.68. The molecule has 0 aliphatic heterocycles. The van der Waals surface area contributed by atoms with E-state index < -0.39 is 17.5 Å². The Labute approximate surface area is 90.1 Å². The highest BCUT2D eigenvalue weighted by Gasteiger charge is 2.08. The molecule has 16 heavy (non-hydrogen) atoms. The zero-order chi connectivity index (χ0) is 11.5. The van der Waals surface area contributed by atoms with E-state index in [1.165, 1.54) is 6.07 Å². The van der Waals surface area contributed by atoms with E-state index in [9.17, 15) is 13.6 Å². The fourth-order valence-corrected chi connectivity index (χ4v) is 1.24. The van der Waals surface area contributed by atoms with Gasteiger partial charge < -0.3 is 10.3 Å². The fraction of sp³-hybridized carbons (Fsp3) is 0. The lowest BCUT2D eigenvalue weighted by Crippen LogP contribution is -2.12. The molecule has 0 unspecified atom stereocenters. The summed E-state index contributed by atoms with van der Waals surface area (Å²) in [4.78, 5) is 14.2. The van der Waals surface area contributed by atoms with Crippen molar-refractivity contribution in [2.45, 2.75) is 0 Å². The number of nitrogens with one attached hydrogen (secondary N) is 2. The molecule has 0 saturated heterocycles. The third-order valence-electron chi connectivity index (χ3n) is 2.02. The summed E-state index contributed by atoms with van der Waals surface area (Å²) in [5.41, 5.74) is 0.559. The number of halogens is 2. The van der Waals surface area contributed by atoms with Gasteiger partial charge in [0.15, 0.2) is 11.6 Å². The standard InChI is InChI=1S/C11H8F2N2O/c12-8-4-3-7(6-9(8)13)15-11(16)10-2-1-5-14-10/h1-6,14H,(H,15,16). The van der Waals surface area contributed by atoms with Gasteiger partial charge in [-0.15, -0.1) is 0 Å². The Morgan fingerprint density at radius 2 is 2.00 bits per heavy atom. The van der Waals surface area contributed by atoms with Gasteiger partial charge in [0.05, 0.1) is 0 Å². The van der Waals surface area contributed by atoms with Crippen molar-refractivity contribution < 1.29 is 13.6 Å². The normalized spacial score (nSPS) is 10.1. The van der Waals surface area contributed by atoms with Gasteiger partial charge in [-0.3, -0.25) is 4.79 Å². The Morgan fingerprint density at radius 1 is 1.19 bits per heavy atom. The van der Waals surface area contributed by atoms with Gasteiger partial charge in [0, 0.05) is 18.0 Å². The minimum atomic E-state index is -0.996. The number of carbonyl (C=O) groups is 1. The number of aromatic amines is 1. The van der Waals surface area contributed by atoms with E-state index in [4.69, 9.17) is 0 Å². The molecule has 0 aliphatic rings. The molecule has 0 fully saturated rings. The van der Waals surface area contributed by atoms with Crippen LogP contribution in [0.25, 0.3) is 0 Å². The number of amides is 1. The molecule has 0 aliphatic carbocycles. The van der Waals surface area contributed by atoms with Gasteiger partial charge in [0.1, 0.15) is 5.69 Å². The van der Waals surface area contributed by atoms with E-state index in [-0.39, 0.29) is 5.69 Å². The number of H-pyrrole nitrogens is 1. The van der Waals surface area contributed by atoms with Crippen LogP contribution in [-0.2, 0) is 0 Å². The molecule has 0 saturated carbocycles. The third kappa shape index (κ3) is 2.08. The van der Waals surface area contributed by atoms with E-state index in [0.717, 1.165) is 12.1 Å². The largest absolute Gasteiger partial charge is 0.357 e. The molecule has 2 rings (SSSR count). The van der Waals surface area contributed by atoms with Crippen molar-refractivity contribution in [2.75, 3.05) is 5.32 Å². The molecular formula is C11H8F2N2O. The Hall–Kier alpha value is -2.17. The molecule has 1 amide bonds. The molecule has 1 heterocycles. The van der Waals surface area contributed by atoms with Crippen molar-refractivity contribution in [1.82, 2.24) is 4.98 Å². The van der Waals surface area contributed by atoms with E-state index in [0.29, 0.717) is 5.69 Å². The van der Waals surface area contributed by atoms with Gasteiger partial charge in [-0.2, -0.15) is 0 Å². The second kappa shape index (κ2) is 4.14. The van der Waals surface area contributed by atoms with Crippen LogP contribution in [0, 0.1) is 11.6 Å². The number of aromatic nitrogens is 1. The Balaban J connectivity index is 2.15. The summed E-state index contributed by atoms with van der Waals surface area (Å²) in [6, 6.07) is 6.42. The summed E-state index contributed by atoms with van der Waals surface area (Å²) in [6.07, 6.45) is 1.60. The van der Waals surface area contributed by atoms with Gasteiger partial charge in [-0.1, -0.05) is 0 Å². The van der Waals surface area contributed by atoms with Crippen molar-refractivity contribution in [1.29, 1.82) is 0 Å². The highest BCUT2D eigenvalue weighted by atomic mass is 19.2. The van der Waals surface area contributed by atoms with Crippen LogP contribution in [0.4, 0.5) is 14.5 Å². The highest BCUT2D eigenvalue weighted by Crippen LogP contribution is 2.13. The van der Waals surface area contributed by atoms with Gasteiger partial charge in [0.25, 0.3) is 5.91 Å². The number of hydrogen-bond acceptors (Lipinski definition) is 1. The van der Waals surface area contributed by atoms with Gasteiger partial charge in [0.2, 0.25) is 0 Å². The number of benzene rings is 1. The van der Waals surface area contributed by atoms with E-state index in [1.54, 1.807) is 18.3 Å². The number of rotatable bonds is 2. The van der Waals surface area contributed by atoms with Crippen LogP contribution >= 0.6 is 0 Å². The quantitative estimate of drug-likeness (QED) is 0.805. The maximum absolute atomic E-state index is 12.8. The number of anilines is 1. The first-order chi connectivity index (χ1) is 7.66. The van der Waals surface area contributed by atoms with E-state index in [2.05, 4.69) is 10.3 Å². The molecule has 2 N–H and O–H groups in total. The molecular weight excluding hydrogens is 214 g/mol. The summed E-state index contributed by atoms with van der Waals surface area (Å²) in [5, 5.41) is 2.44. The number of hydrogen-bond donors (Lipinski definition) is 2. The summed E-state index contributed by atoms with van der Waals surface area (Å²) >= 11 is 0. The maximum Gasteiger partial charge on any atom is 0.272 e. The third-order valence-corrected chi connectivity index (χ3v) is 2.02. The lowest BCUT2D eigenvalue weighted by molar-refractivity contribution is 0.102. The molecule has 5 heteroatoms. The molecule has 1 aromatic carbocycles. The van der Waals surface area contributed by atoms with Crippen molar-refractivity contribution in [3.63, 3.8) is 0 Å². The zero-order valence-corrected chi connectivity index (χ0v) is 8.13. The summed E-state index contributed by atoms with van der Waals surface area (Å²) in [6.45, 7) is 0. The molecule has 82 valence electrons. The molecule has 2 aromatic rings. The topological polar surface area (TPSA) is 44.9 Å². The number of carbonyl (C=O) groups excluding carboxylic acids is 1. The molecule has 0 atom stereocenters. The summed E-state index contributed by atoms with van der Waals surface area (Å²) in [5.74, 6) is -2.35. The molecule has 0 spiro atoms. The SMILES string of the molecule is O=C(Nc1ccc(F)c(F)c1)c1ccc[nH]1. The predicted molar refractivity (Wildman–Crippen MR) is 55.1 cm³/mol. The summed E-state index contributed by atoms with van der Waals surface area (Å²) in [7, 11) is 0. The van der Waals surface area contributed by atoms with Crippen LogP contribution in [0.15, 0.2) is 36.5 Å².